The molecule has 1 N–H and O–H groups in total. The van der Waals surface area contributed by atoms with E-state index in [1.54, 1.807) is 0 Å². The summed E-state index contributed by atoms with van der Waals surface area (Å²) in [6.45, 7) is 5.46. The predicted molar refractivity (Wildman–Crippen MR) is 71.2 cm³/mol. The zero-order valence-corrected chi connectivity index (χ0v) is 11.4. The number of ether oxygens (including phenoxy) is 1. The van der Waals surface area contributed by atoms with Gasteiger partial charge in [0.1, 0.15) is 4.88 Å². The smallest absolute Gasteiger partial charge is 0.346 e. The lowest BCUT2D eigenvalue weighted by Gasteiger charge is -2.23. The minimum Gasteiger partial charge on any atom is -0.477 e. The van der Waals surface area contributed by atoms with Gasteiger partial charge in [0.25, 0.3) is 0 Å². The third kappa shape index (κ3) is 3.31. The van der Waals surface area contributed by atoms with Crippen LogP contribution in [0.25, 0.3) is 0 Å². The number of likely N-dealkylation sites (N-methyl/N-ethyl adjacent to an activating group) is 1. The van der Waals surface area contributed by atoms with Gasteiger partial charge in [0.2, 0.25) is 0 Å². The maximum absolute atomic E-state index is 11.1. The van der Waals surface area contributed by atoms with Crippen LogP contribution >= 0.6 is 11.3 Å². The number of nitrogens with zero attached hydrogens (tertiary/aromatic N) is 1. The van der Waals surface area contributed by atoms with Crippen LogP contribution in [-0.2, 0) is 11.3 Å². The molecule has 0 bridgehead atoms. The van der Waals surface area contributed by atoms with Crippen LogP contribution in [-0.4, -0.2) is 41.8 Å². The fraction of sp³-hybridized carbons (Fsp3) is 0.615. The molecule has 1 atom stereocenters. The molecule has 0 spiro atoms. The van der Waals surface area contributed by atoms with Crippen LogP contribution in [0.3, 0.4) is 0 Å². The Morgan fingerprint density at radius 3 is 3.11 bits per heavy atom. The molecule has 0 aliphatic carbocycles. The summed E-state index contributed by atoms with van der Waals surface area (Å²) in [6.07, 6.45) is 2.57. The van der Waals surface area contributed by atoms with Crippen molar-refractivity contribution < 1.29 is 14.6 Å². The highest BCUT2D eigenvalue weighted by molar-refractivity contribution is 7.12. The summed E-state index contributed by atoms with van der Waals surface area (Å²) < 4.78 is 5.63. The van der Waals surface area contributed by atoms with Crippen LogP contribution in [0.4, 0.5) is 0 Å². The lowest BCUT2D eigenvalue weighted by atomic mass is 10.2. The van der Waals surface area contributed by atoms with E-state index in [1.165, 1.54) is 11.3 Å². The Labute approximate surface area is 111 Å². The molecule has 1 aliphatic rings. The summed E-state index contributed by atoms with van der Waals surface area (Å²) in [7, 11) is 0. The Hall–Kier alpha value is -0.910. The maximum Gasteiger partial charge on any atom is 0.346 e. The van der Waals surface area contributed by atoms with Crippen molar-refractivity contribution in [1.29, 1.82) is 0 Å². The molecule has 0 amide bonds. The SMILES string of the molecule is CCN(Cc1ccsc1C(=O)O)CC1CCCO1. The van der Waals surface area contributed by atoms with E-state index < -0.39 is 5.97 Å². The van der Waals surface area contributed by atoms with Gasteiger partial charge in [0.05, 0.1) is 6.10 Å². The maximum atomic E-state index is 11.1. The lowest BCUT2D eigenvalue weighted by molar-refractivity contribution is 0.0688. The number of rotatable bonds is 6. The van der Waals surface area contributed by atoms with Crippen molar-refractivity contribution in [1.82, 2.24) is 4.90 Å². The molecule has 4 nitrogen and oxygen atoms in total. The first-order valence-electron chi connectivity index (χ1n) is 6.34. The molecule has 1 aliphatic heterocycles. The number of thiophene rings is 1. The highest BCUT2D eigenvalue weighted by atomic mass is 32.1. The molecular weight excluding hydrogens is 250 g/mol. The van der Waals surface area contributed by atoms with Crippen molar-refractivity contribution in [3.63, 3.8) is 0 Å². The van der Waals surface area contributed by atoms with E-state index in [4.69, 9.17) is 9.84 Å². The van der Waals surface area contributed by atoms with E-state index >= 15 is 0 Å². The summed E-state index contributed by atoms with van der Waals surface area (Å²) in [5, 5.41) is 10.9. The zero-order chi connectivity index (χ0) is 13.0. The van der Waals surface area contributed by atoms with Crippen molar-refractivity contribution >= 4 is 17.3 Å². The molecule has 1 fully saturated rings. The molecule has 100 valence electrons. The normalized spacial score (nSPS) is 19.6. The molecule has 1 unspecified atom stereocenters. The Balaban J connectivity index is 1.96. The van der Waals surface area contributed by atoms with Crippen molar-refractivity contribution in [3.8, 4) is 0 Å². The van der Waals surface area contributed by atoms with Crippen LogP contribution < -0.4 is 0 Å². The monoisotopic (exact) mass is 269 g/mol. The average molecular weight is 269 g/mol. The van der Waals surface area contributed by atoms with Crippen molar-refractivity contribution in [2.24, 2.45) is 0 Å². The molecule has 0 radical (unpaired) electrons. The van der Waals surface area contributed by atoms with Crippen LogP contribution in [0.1, 0.15) is 35.0 Å². The topological polar surface area (TPSA) is 49.8 Å². The second kappa shape index (κ2) is 6.31. The van der Waals surface area contributed by atoms with Gasteiger partial charge in [-0.25, -0.2) is 4.79 Å². The molecule has 0 saturated carbocycles. The van der Waals surface area contributed by atoms with E-state index in [1.807, 2.05) is 11.4 Å². The largest absolute Gasteiger partial charge is 0.477 e. The first-order chi connectivity index (χ1) is 8.70. The van der Waals surface area contributed by atoms with Gasteiger partial charge in [-0.2, -0.15) is 0 Å². The van der Waals surface area contributed by atoms with Gasteiger partial charge >= 0.3 is 5.97 Å². The number of carboxylic acid groups (broad SMARTS) is 1. The van der Waals surface area contributed by atoms with Gasteiger partial charge in [0.15, 0.2) is 0 Å². The van der Waals surface area contributed by atoms with E-state index in [0.717, 1.165) is 38.1 Å². The van der Waals surface area contributed by atoms with Crippen molar-refractivity contribution in [2.45, 2.75) is 32.4 Å². The van der Waals surface area contributed by atoms with Crippen molar-refractivity contribution in [2.75, 3.05) is 19.7 Å². The Kier molecular flexibility index (Phi) is 4.74. The standard InChI is InChI=1S/C13H19NO3S/c1-2-14(9-11-4-3-6-17-11)8-10-5-7-18-12(10)13(15)16/h5,7,11H,2-4,6,8-9H2,1H3,(H,15,16). The van der Waals surface area contributed by atoms with Gasteiger partial charge < -0.3 is 9.84 Å². The number of hydrogen-bond acceptors (Lipinski definition) is 4. The zero-order valence-electron chi connectivity index (χ0n) is 10.6. The lowest BCUT2D eigenvalue weighted by Crippen LogP contribution is -2.31. The third-order valence-corrected chi connectivity index (χ3v) is 4.21. The molecule has 1 aromatic rings. The first-order valence-corrected chi connectivity index (χ1v) is 7.22. The second-order valence-electron chi connectivity index (χ2n) is 4.54. The van der Waals surface area contributed by atoms with E-state index in [-0.39, 0.29) is 0 Å². The average Bonchev–Trinajstić information content (AvgIpc) is 2.98. The second-order valence-corrected chi connectivity index (χ2v) is 5.46. The number of carbonyl (C=O) groups is 1. The molecule has 18 heavy (non-hydrogen) atoms. The predicted octanol–water partition coefficient (Wildman–Crippen LogP) is 2.45. The summed E-state index contributed by atoms with van der Waals surface area (Å²) >= 11 is 1.30. The fourth-order valence-electron chi connectivity index (χ4n) is 2.27. The van der Waals surface area contributed by atoms with Gasteiger partial charge in [-0.3, -0.25) is 4.90 Å². The van der Waals surface area contributed by atoms with E-state index in [0.29, 0.717) is 17.5 Å². The molecule has 0 aromatic carbocycles. The molecule has 5 heteroatoms. The van der Waals surface area contributed by atoms with Gasteiger partial charge in [0, 0.05) is 19.7 Å². The molecule has 2 rings (SSSR count). The van der Waals surface area contributed by atoms with Crippen LogP contribution in [0.2, 0.25) is 0 Å². The Morgan fingerprint density at radius 2 is 2.50 bits per heavy atom. The number of aromatic carboxylic acids is 1. The molecule has 2 heterocycles. The molecular formula is C13H19NO3S. The Morgan fingerprint density at radius 1 is 1.67 bits per heavy atom. The minimum atomic E-state index is -0.826. The molecule has 1 aromatic heterocycles. The van der Waals surface area contributed by atoms with Crippen LogP contribution in [0, 0.1) is 0 Å². The van der Waals surface area contributed by atoms with Gasteiger partial charge in [-0.15, -0.1) is 11.3 Å². The van der Waals surface area contributed by atoms with Gasteiger partial charge in [-0.1, -0.05) is 6.92 Å². The van der Waals surface area contributed by atoms with E-state index in [2.05, 4.69) is 11.8 Å². The number of carboxylic acids is 1. The fourth-order valence-corrected chi connectivity index (χ4v) is 3.02. The summed E-state index contributed by atoms with van der Waals surface area (Å²) in [6, 6.07) is 1.91. The van der Waals surface area contributed by atoms with Gasteiger partial charge in [-0.05, 0) is 36.4 Å². The first kappa shape index (κ1) is 13.5. The highest BCUT2D eigenvalue weighted by Crippen LogP contribution is 2.20. The third-order valence-electron chi connectivity index (χ3n) is 3.27. The van der Waals surface area contributed by atoms with Crippen LogP contribution in [0.5, 0.6) is 0 Å². The number of hydrogen-bond donors (Lipinski definition) is 1. The summed E-state index contributed by atoms with van der Waals surface area (Å²) in [5.41, 5.74) is 0.910. The summed E-state index contributed by atoms with van der Waals surface area (Å²) in [5.74, 6) is -0.826. The minimum absolute atomic E-state index is 0.317. The molecule has 1 saturated heterocycles. The van der Waals surface area contributed by atoms with Crippen LogP contribution in [0.15, 0.2) is 11.4 Å². The Bertz CT molecular complexity index is 399. The quantitative estimate of drug-likeness (QED) is 0.862. The van der Waals surface area contributed by atoms with Crippen molar-refractivity contribution in [3.05, 3.63) is 21.9 Å². The highest BCUT2D eigenvalue weighted by Gasteiger charge is 2.20. The summed E-state index contributed by atoms with van der Waals surface area (Å²) in [4.78, 5) is 13.8. The van der Waals surface area contributed by atoms with E-state index in [9.17, 15) is 4.79 Å².